The number of aromatic amines is 1. The lowest BCUT2D eigenvalue weighted by Gasteiger charge is -2.05. The van der Waals surface area contributed by atoms with Gasteiger partial charge in [0, 0.05) is 18.0 Å². The molecule has 0 amide bonds. The molecule has 2 N–H and O–H groups in total. The number of hydrogen-bond acceptors (Lipinski definition) is 3. The molecular formula is C18H15BrN5+. The summed E-state index contributed by atoms with van der Waals surface area (Å²) in [5.41, 5.74) is 4.02. The molecule has 5 nitrogen and oxygen atoms in total. The van der Waals surface area contributed by atoms with Gasteiger partial charge in [0.1, 0.15) is 4.47 Å². The van der Waals surface area contributed by atoms with Crippen molar-refractivity contribution < 1.29 is 4.52 Å². The smallest absolute Gasteiger partial charge is 0.300 e. The van der Waals surface area contributed by atoms with Crippen LogP contribution < -0.4 is 9.83 Å². The molecule has 0 saturated heterocycles. The van der Waals surface area contributed by atoms with Crippen molar-refractivity contribution in [3.8, 4) is 11.3 Å². The highest BCUT2D eigenvalue weighted by atomic mass is 79.9. The number of nitrogens with one attached hydrogen (secondary N) is 2. The van der Waals surface area contributed by atoms with E-state index in [1.54, 1.807) is 12.4 Å². The maximum atomic E-state index is 4.76. The van der Waals surface area contributed by atoms with Gasteiger partial charge in [0.15, 0.2) is 5.69 Å². The summed E-state index contributed by atoms with van der Waals surface area (Å²) in [7, 11) is 0. The van der Waals surface area contributed by atoms with E-state index in [1.807, 2.05) is 47.1 Å². The van der Waals surface area contributed by atoms with Gasteiger partial charge >= 0.3 is 5.65 Å². The van der Waals surface area contributed by atoms with E-state index in [9.17, 15) is 0 Å². The SMILES string of the molecule is Brc1c[nH][n+]2c(NCc3ccncc3)cc(-c3ccccc3)nc12. The quantitative estimate of drug-likeness (QED) is 0.532. The minimum Gasteiger partial charge on any atom is -0.300 e. The zero-order chi connectivity index (χ0) is 16.4. The molecule has 0 unspecified atom stereocenters. The number of benzene rings is 1. The van der Waals surface area contributed by atoms with E-state index >= 15 is 0 Å². The van der Waals surface area contributed by atoms with E-state index in [0.29, 0.717) is 6.54 Å². The Morgan fingerprint density at radius 3 is 2.67 bits per heavy atom. The Balaban J connectivity index is 1.76. The molecule has 0 saturated carbocycles. The lowest BCUT2D eigenvalue weighted by molar-refractivity contribution is -0.564. The number of H-pyrrole nitrogens is 1. The van der Waals surface area contributed by atoms with Crippen LogP contribution in [0.3, 0.4) is 0 Å². The number of hydrogen-bond donors (Lipinski definition) is 2. The first-order valence-corrected chi connectivity index (χ1v) is 8.38. The van der Waals surface area contributed by atoms with Crippen molar-refractivity contribution in [2.45, 2.75) is 6.54 Å². The van der Waals surface area contributed by atoms with Crippen molar-refractivity contribution in [3.05, 3.63) is 77.2 Å². The van der Waals surface area contributed by atoms with Gasteiger partial charge in [0.05, 0.1) is 18.8 Å². The first-order chi connectivity index (χ1) is 11.8. The highest BCUT2D eigenvalue weighted by Gasteiger charge is 2.18. The minimum absolute atomic E-state index is 0.708. The van der Waals surface area contributed by atoms with Gasteiger partial charge in [-0.2, -0.15) is 0 Å². The van der Waals surface area contributed by atoms with Crippen LogP contribution in [0.25, 0.3) is 16.9 Å². The molecule has 0 bridgehead atoms. The molecule has 0 aliphatic rings. The number of fused-ring (bicyclic) bond motifs is 1. The summed E-state index contributed by atoms with van der Waals surface area (Å²) >= 11 is 3.55. The highest BCUT2D eigenvalue weighted by molar-refractivity contribution is 9.10. The molecule has 0 aliphatic heterocycles. The highest BCUT2D eigenvalue weighted by Crippen LogP contribution is 2.22. The van der Waals surface area contributed by atoms with Gasteiger partial charge in [-0.3, -0.25) is 10.3 Å². The number of rotatable bonds is 4. The van der Waals surface area contributed by atoms with Gasteiger partial charge in [0.2, 0.25) is 5.82 Å². The fraction of sp³-hybridized carbons (Fsp3) is 0.0556. The van der Waals surface area contributed by atoms with Gasteiger partial charge in [-0.25, -0.2) is 5.10 Å². The predicted octanol–water partition coefficient (Wildman–Crippen LogP) is 3.59. The third kappa shape index (κ3) is 2.88. The average Bonchev–Trinajstić information content (AvgIpc) is 3.02. The van der Waals surface area contributed by atoms with E-state index in [2.05, 4.69) is 43.5 Å². The van der Waals surface area contributed by atoms with Crippen LogP contribution in [-0.4, -0.2) is 15.1 Å². The van der Waals surface area contributed by atoms with Crippen molar-refractivity contribution in [2.75, 3.05) is 5.32 Å². The number of aromatic nitrogens is 4. The summed E-state index contributed by atoms with van der Waals surface area (Å²) in [6.07, 6.45) is 5.48. The summed E-state index contributed by atoms with van der Waals surface area (Å²) < 4.78 is 2.85. The Morgan fingerprint density at radius 1 is 1.08 bits per heavy atom. The van der Waals surface area contributed by atoms with Crippen LogP contribution in [0.5, 0.6) is 0 Å². The number of nitrogens with zero attached hydrogens (tertiary/aromatic N) is 3. The summed E-state index contributed by atoms with van der Waals surface area (Å²) in [5.74, 6) is 0.946. The van der Waals surface area contributed by atoms with E-state index in [1.165, 1.54) is 5.56 Å². The minimum atomic E-state index is 0.708. The van der Waals surface area contributed by atoms with Crippen molar-refractivity contribution >= 4 is 27.4 Å². The number of pyridine rings is 1. The van der Waals surface area contributed by atoms with Crippen molar-refractivity contribution in [3.63, 3.8) is 0 Å². The Morgan fingerprint density at radius 2 is 1.88 bits per heavy atom. The molecule has 0 spiro atoms. The first-order valence-electron chi connectivity index (χ1n) is 7.59. The molecule has 6 heteroatoms. The fourth-order valence-corrected chi connectivity index (χ4v) is 2.93. The lowest BCUT2D eigenvalue weighted by Crippen LogP contribution is -2.29. The van der Waals surface area contributed by atoms with Gasteiger partial charge < -0.3 is 0 Å². The van der Waals surface area contributed by atoms with Gasteiger partial charge in [0.25, 0.3) is 0 Å². The summed E-state index contributed by atoms with van der Waals surface area (Å²) in [6, 6.07) is 16.2. The lowest BCUT2D eigenvalue weighted by atomic mass is 10.1. The van der Waals surface area contributed by atoms with Crippen LogP contribution in [0.4, 0.5) is 5.82 Å². The zero-order valence-corrected chi connectivity index (χ0v) is 14.4. The van der Waals surface area contributed by atoms with E-state index < -0.39 is 0 Å². The maximum absolute atomic E-state index is 4.76. The molecule has 0 atom stereocenters. The Labute approximate surface area is 147 Å². The Hall–Kier alpha value is -2.73. The molecule has 4 aromatic rings. The molecule has 3 aromatic heterocycles. The maximum Gasteiger partial charge on any atom is 0.301 e. The Kier molecular flexibility index (Phi) is 3.96. The van der Waals surface area contributed by atoms with Crippen LogP contribution >= 0.6 is 15.9 Å². The van der Waals surface area contributed by atoms with E-state index in [-0.39, 0.29) is 0 Å². The third-order valence-electron chi connectivity index (χ3n) is 3.78. The normalized spacial score (nSPS) is 10.9. The summed E-state index contributed by atoms with van der Waals surface area (Å²) in [4.78, 5) is 8.81. The number of halogens is 1. The zero-order valence-electron chi connectivity index (χ0n) is 12.8. The van der Waals surface area contributed by atoms with Crippen molar-refractivity contribution in [1.82, 2.24) is 15.1 Å². The molecule has 3 heterocycles. The topological polar surface area (TPSA) is 57.7 Å². The Bertz CT molecular complexity index is 967. The second kappa shape index (κ2) is 6.41. The second-order valence-electron chi connectivity index (χ2n) is 5.38. The van der Waals surface area contributed by atoms with Gasteiger partial charge in [-0.15, -0.1) is 4.52 Å². The fourth-order valence-electron chi connectivity index (χ4n) is 2.56. The molecule has 4 rings (SSSR count). The molecule has 0 radical (unpaired) electrons. The van der Waals surface area contributed by atoms with Gasteiger partial charge in [-0.1, -0.05) is 35.3 Å². The molecule has 0 aliphatic carbocycles. The van der Waals surface area contributed by atoms with E-state index in [0.717, 1.165) is 27.2 Å². The van der Waals surface area contributed by atoms with Crippen LogP contribution in [0.1, 0.15) is 5.56 Å². The molecule has 0 fully saturated rings. The molecule has 1 aromatic carbocycles. The summed E-state index contributed by atoms with van der Waals surface area (Å²) in [6.45, 7) is 0.708. The van der Waals surface area contributed by atoms with Crippen LogP contribution in [0, 0.1) is 0 Å². The van der Waals surface area contributed by atoms with Crippen LogP contribution in [0.15, 0.2) is 71.6 Å². The average molecular weight is 381 g/mol. The van der Waals surface area contributed by atoms with Crippen molar-refractivity contribution in [1.29, 1.82) is 0 Å². The standard InChI is InChI=1S/C18H14BrN5/c19-15-12-22-24-17(21-11-13-6-8-20-9-7-13)10-16(23-18(15)24)14-4-2-1-3-5-14/h1-10,12H,11H2,(H,21,22,23)/p+1. The van der Waals surface area contributed by atoms with Crippen LogP contribution in [-0.2, 0) is 6.54 Å². The first kappa shape index (κ1) is 14.8. The predicted molar refractivity (Wildman–Crippen MR) is 96.4 cm³/mol. The third-order valence-corrected chi connectivity index (χ3v) is 4.36. The monoisotopic (exact) mass is 380 g/mol. The van der Waals surface area contributed by atoms with Crippen LogP contribution in [0.2, 0.25) is 0 Å². The van der Waals surface area contributed by atoms with E-state index in [4.69, 9.17) is 4.98 Å². The van der Waals surface area contributed by atoms with Crippen molar-refractivity contribution in [2.24, 2.45) is 0 Å². The largest absolute Gasteiger partial charge is 0.301 e. The molecular weight excluding hydrogens is 366 g/mol. The summed E-state index contributed by atoms with van der Waals surface area (Å²) in [5, 5.41) is 6.67. The second-order valence-corrected chi connectivity index (χ2v) is 6.24. The molecule has 118 valence electrons. The van der Waals surface area contributed by atoms with Gasteiger partial charge in [-0.05, 0) is 33.6 Å². The molecule has 24 heavy (non-hydrogen) atoms. The number of anilines is 1.